The summed E-state index contributed by atoms with van der Waals surface area (Å²) in [7, 11) is 0. The van der Waals surface area contributed by atoms with Crippen molar-refractivity contribution in [3.8, 4) is 0 Å². The summed E-state index contributed by atoms with van der Waals surface area (Å²) >= 11 is 5.61. The quantitative estimate of drug-likeness (QED) is 0.881. The number of halogens is 1. The molecule has 2 aromatic rings. The molecule has 8 heteroatoms. The summed E-state index contributed by atoms with van der Waals surface area (Å²) in [5, 5.41) is 11.3. The normalized spacial score (nSPS) is 9.95. The monoisotopic (exact) mass is 278 g/mol. The summed E-state index contributed by atoms with van der Waals surface area (Å²) in [6, 6.07) is 2.70. The van der Waals surface area contributed by atoms with Gasteiger partial charge < -0.3 is 10.4 Å². The minimum Gasteiger partial charge on any atom is -0.478 e. The molecule has 19 heavy (non-hydrogen) atoms. The number of hydrogen-bond acceptors (Lipinski definition) is 5. The number of pyridine rings is 1. The molecule has 0 aliphatic carbocycles. The molecular weight excluding hydrogens is 272 g/mol. The standard InChI is InChI=1S/C11H7ClN4O3/c12-8-5-13-4-7(15-8)10(17)16-9-2-1-6(3-14-9)11(18)19/h1-5H,(H,18,19)(H,14,16,17). The van der Waals surface area contributed by atoms with E-state index in [2.05, 4.69) is 20.3 Å². The van der Waals surface area contributed by atoms with Crippen LogP contribution in [0.5, 0.6) is 0 Å². The highest BCUT2D eigenvalue weighted by molar-refractivity contribution is 6.29. The zero-order valence-electron chi connectivity index (χ0n) is 9.37. The first-order valence-electron chi connectivity index (χ1n) is 5.04. The van der Waals surface area contributed by atoms with Gasteiger partial charge in [0, 0.05) is 6.20 Å². The Morgan fingerprint density at radius 3 is 2.58 bits per heavy atom. The molecule has 0 aromatic carbocycles. The van der Waals surface area contributed by atoms with E-state index in [1.54, 1.807) is 0 Å². The van der Waals surface area contributed by atoms with E-state index in [9.17, 15) is 9.59 Å². The average Bonchev–Trinajstić information content (AvgIpc) is 2.39. The number of aromatic carboxylic acids is 1. The molecule has 2 heterocycles. The van der Waals surface area contributed by atoms with E-state index < -0.39 is 11.9 Å². The maximum atomic E-state index is 11.8. The summed E-state index contributed by atoms with van der Waals surface area (Å²) in [4.78, 5) is 33.7. The predicted molar refractivity (Wildman–Crippen MR) is 66.2 cm³/mol. The first-order valence-corrected chi connectivity index (χ1v) is 5.42. The number of amides is 1. The number of carbonyl (C=O) groups is 2. The summed E-state index contributed by atoms with van der Waals surface area (Å²) in [5.74, 6) is -1.42. The van der Waals surface area contributed by atoms with Crippen molar-refractivity contribution in [1.29, 1.82) is 0 Å². The van der Waals surface area contributed by atoms with E-state index in [4.69, 9.17) is 16.7 Å². The molecular formula is C11H7ClN4O3. The number of nitrogens with one attached hydrogen (secondary N) is 1. The molecule has 96 valence electrons. The summed E-state index contributed by atoms with van der Waals surface area (Å²) < 4.78 is 0. The molecule has 0 aliphatic rings. The van der Waals surface area contributed by atoms with Crippen molar-refractivity contribution < 1.29 is 14.7 Å². The van der Waals surface area contributed by atoms with Crippen LogP contribution < -0.4 is 5.32 Å². The van der Waals surface area contributed by atoms with Crippen molar-refractivity contribution in [2.45, 2.75) is 0 Å². The molecule has 0 bridgehead atoms. The van der Waals surface area contributed by atoms with Crippen molar-refractivity contribution in [3.05, 3.63) is 47.1 Å². The predicted octanol–water partition coefficient (Wildman–Crippen LogP) is 1.48. The third-order valence-corrected chi connectivity index (χ3v) is 2.27. The van der Waals surface area contributed by atoms with Crippen molar-refractivity contribution in [1.82, 2.24) is 15.0 Å². The third kappa shape index (κ3) is 3.23. The van der Waals surface area contributed by atoms with E-state index in [1.807, 2.05) is 0 Å². The molecule has 7 nitrogen and oxygen atoms in total. The van der Waals surface area contributed by atoms with Crippen molar-refractivity contribution >= 4 is 29.3 Å². The number of hydrogen-bond donors (Lipinski definition) is 2. The first kappa shape index (κ1) is 12.9. The van der Waals surface area contributed by atoms with Gasteiger partial charge in [0.25, 0.3) is 5.91 Å². The Bertz CT molecular complexity index is 630. The van der Waals surface area contributed by atoms with Crippen LogP contribution in [0.3, 0.4) is 0 Å². The number of rotatable bonds is 3. The Balaban J connectivity index is 2.13. The van der Waals surface area contributed by atoms with Crippen LogP contribution in [-0.2, 0) is 0 Å². The molecule has 0 atom stereocenters. The van der Waals surface area contributed by atoms with Gasteiger partial charge in [0.1, 0.15) is 16.7 Å². The average molecular weight is 279 g/mol. The molecule has 0 fully saturated rings. The molecule has 1 amide bonds. The second-order valence-electron chi connectivity index (χ2n) is 3.42. The van der Waals surface area contributed by atoms with Gasteiger partial charge in [0.15, 0.2) is 0 Å². The van der Waals surface area contributed by atoms with Crippen LogP contribution in [-0.4, -0.2) is 31.9 Å². The summed E-state index contributed by atoms with van der Waals surface area (Å²) in [6.45, 7) is 0. The third-order valence-electron chi connectivity index (χ3n) is 2.09. The highest BCUT2D eigenvalue weighted by Crippen LogP contribution is 2.08. The Morgan fingerprint density at radius 2 is 2.00 bits per heavy atom. The summed E-state index contributed by atoms with van der Waals surface area (Å²) in [5.41, 5.74) is 0.0668. The van der Waals surface area contributed by atoms with E-state index in [0.29, 0.717) is 0 Å². The molecule has 0 aliphatic heterocycles. The second kappa shape index (κ2) is 5.40. The number of anilines is 1. The Morgan fingerprint density at radius 1 is 1.21 bits per heavy atom. The Labute approximate surface area is 112 Å². The SMILES string of the molecule is O=C(O)c1ccc(NC(=O)c2cncc(Cl)n2)nc1. The van der Waals surface area contributed by atoms with Crippen LogP contribution in [0, 0.1) is 0 Å². The number of carboxylic acid groups (broad SMARTS) is 1. The van der Waals surface area contributed by atoms with Gasteiger partial charge >= 0.3 is 5.97 Å². The number of aromatic nitrogens is 3. The fraction of sp³-hybridized carbons (Fsp3) is 0. The maximum absolute atomic E-state index is 11.8. The molecule has 2 aromatic heterocycles. The van der Waals surface area contributed by atoms with Gasteiger partial charge in [-0.25, -0.2) is 14.8 Å². The topological polar surface area (TPSA) is 105 Å². The maximum Gasteiger partial charge on any atom is 0.337 e. The van der Waals surface area contributed by atoms with Crippen molar-refractivity contribution in [2.24, 2.45) is 0 Å². The molecule has 0 saturated carbocycles. The lowest BCUT2D eigenvalue weighted by Crippen LogP contribution is -2.15. The lowest BCUT2D eigenvalue weighted by molar-refractivity contribution is 0.0696. The molecule has 2 rings (SSSR count). The van der Waals surface area contributed by atoms with Crippen molar-refractivity contribution in [2.75, 3.05) is 5.32 Å². The second-order valence-corrected chi connectivity index (χ2v) is 3.81. The van der Waals surface area contributed by atoms with Gasteiger partial charge in [0.2, 0.25) is 0 Å². The highest BCUT2D eigenvalue weighted by atomic mass is 35.5. The zero-order chi connectivity index (χ0) is 13.8. The highest BCUT2D eigenvalue weighted by Gasteiger charge is 2.10. The number of nitrogens with zero attached hydrogens (tertiary/aromatic N) is 3. The van der Waals surface area contributed by atoms with Gasteiger partial charge in [-0.05, 0) is 12.1 Å². The van der Waals surface area contributed by atoms with Gasteiger partial charge in [-0.15, -0.1) is 0 Å². The van der Waals surface area contributed by atoms with E-state index >= 15 is 0 Å². The van der Waals surface area contributed by atoms with E-state index in [0.717, 1.165) is 6.20 Å². The van der Waals surface area contributed by atoms with Gasteiger partial charge in [-0.3, -0.25) is 9.78 Å². The van der Waals surface area contributed by atoms with Gasteiger partial charge in [-0.2, -0.15) is 0 Å². The zero-order valence-corrected chi connectivity index (χ0v) is 10.1. The minimum atomic E-state index is -1.09. The molecule has 0 radical (unpaired) electrons. The van der Waals surface area contributed by atoms with Crippen LogP contribution in [0.25, 0.3) is 0 Å². The fourth-order valence-electron chi connectivity index (χ4n) is 1.23. The van der Waals surface area contributed by atoms with Crippen LogP contribution >= 0.6 is 11.6 Å². The number of carbonyl (C=O) groups excluding carboxylic acids is 1. The van der Waals surface area contributed by atoms with Crippen LogP contribution in [0.4, 0.5) is 5.82 Å². The Kier molecular flexibility index (Phi) is 3.67. The Hall–Kier alpha value is -2.54. The van der Waals surface area contributed by atoms with Crippen LogP contribution in [0.2, 0.25) is 5.15 Å². The largest absolute Gasteiger partial charge is 0.478 e. The molecule has 0 saturated heterocycles. The van der Waals surface area contributed by atoms with Crippen LogP contribution in [0.15, 0.2) is 30.7 Å². The smallest absolute Gasteiger partial charge is 0.337 e. The van der Waals surface area contributed by atoms with Gasteiger partial charge in [0.05, 0.1) is 18.0 Å². The lowest BCUT2D eigenvalue weighted by Gasteiger charge is -2.03. The fourth-order valence-corrected chi connectivity index (χ4v) is 1.37. The minimum absolute atomic E-state index is 0.0283. The van der Waals surface area contributed by atoms with Crippen LogP contribution in [0.1, 0.15) is 20.8 Å². The molecule has 0 spiro atoms. The number of carboxylic acids is 1. The van der Waals surface area contributed by atoms with E-state index in [1.165, 1.54) is 24.5 Å². The van der Waals surface area contributed by atoms with Gasteiger partial charge in [-0.1, -0.05) is 11.6 Å². The van der Waals surface area contributed by atoms with Crippen molar-refractivity contribution in [3.63, 3.8) is 0 Å². The van der Waals surface area contributed by atoms with E-state index in [-0.39, 0.29) is 22.2 Å². The summed E-state index contributed by atoms with van der Waals surface area (Å²) in [6.07, 6.45) is 3.70. The first-order chi connectivity index (χ1) is 9.06. The molecule has 0 unspecified atom stereocenters. The molecule has 2 N–H and O–H groups in total. The lowest BCUT2D eigenvalue weighted by atomic mass is 10.3.